The molecule has 0 atom stereocenters. The highest BCUT2D eigenvalue weighted by Gasteiger charge is 2.34. The average Bonchev–Trinajstić information content (AvgIpc) is 3.00. The monoisotopic (exact) mass is 460 g/mol. The number of hydrogen-bond donors (Lipinski definition) is 1. The van der Waals surface area contributed by atoms with Crippen molar-refractivity contribution in [2.45, 2.75) is 6.92 Å². The molecule has 1 N–H and O–H groups in total. The summed E-state index contributed by atoms with van der Waals surface area (Å²) in [5, 5.41) is 20.0. The molecule has 0 bridgehead atoms. The summed E-state index contributed by atoms with van der Waals surface area (Å²) in [6.07, 6.45) is 1.52. The SMILES string of the molecule is CCOc1cccc(/C=C2/SC(=S)N(c3cccc([N+](=O)[O-])c3)C2=O)c1OCC(=O)O. The van der Waals surface area contributed by atoms with Gasteiger partial charge < -0.3 is 14.6 Å². The molecule has 0 aromatic heterocycles. The lowest BCUT2D eigenvalue weighted by atomic mass is 10.1. The zero-order valence-electron chi connectivity index (χ0n) is 16.1. The first-order valence-corrected chi connectivity index (χ1v) is 10.2. The van der Waals surface area contributed by atoms with Gasteiger partial charge in [-0.3, -0.25) is 19.8 Å². The maximum absolute atomic E-state index is 13.0. The van der Waals surface area contributed by atoms with Gasteiger partial charge in [-0.15, -0.1) is 0 Å². The highest BCUT2D eigenvalue weighted by Crippen LogP contribution is 2.39. The van der Waals surface area contributed by atoms with Crippen LogP contribution in [0.5, 0.6) is 11.5 Å². The predicted octanol–water partition coefficient (Wildman–Crippen LogP) is 3.86. The van der Waals surface area contributed by atoms with Gasteiger partial charge in [0.25, 0.3) is 11.6 Å². The van der Waals surface area contributed by atoms with Crippen LogP contribution in [0.4, 0.5) is 11.4 Å². The number of carboxylic acids is 1. The number of hydrogen-bond acceptors (Lipinski definition) is 8. The topological polar surface area (TPSA) is 119 Å². The fourth-order valence-electron chi connectivity index (χ4n) is 2.78. The summed E-state index contributed by atoms with van der Waals surface area (Å²) in [4.78, 5) is 35.9. The van der Waals surface area contributed by atoms with Gasteiger partial charge in [-0.05, 0) is 25.1 Å². The van der Waals surface area contributed by atoms with Crippen LogP contribution in [0, 0.1) is 10.1 Å². The Morgan fingerprint density at radius 2 is 2.03 bits per heavy atom. The number of nitro benzene ring substituents is 1. The Bertz CT molecular complexity index is 1100. The maximum Gasteiger partial charge on any atom is 0.341 e. The van der Waals surface area contributed by atoms with E-state index in [0.29, 0.717) is 17.9 Å². The normalized spacial score (nSPS) is 14.7. The van der Waals surface area contributed by atoms with Crippen molar-refractivity contribution in [1.82, 2.24) is 0 Å². The number of amides is 1. The lowest BCUT2D eigenvalue weighted by Gasteiger charge is -2.14. The lowest BCUT2D eigenvalue weighted by molar-refractivity contribution is -0.384. The van der Waals surface area contributed by atoms with E-state index in [4.69, 9.17) is 26.8 Å². The molecule has 3 rings (SSSR count). The summed E-state index contributed by atoms with van der Waals surface area (Å²) in [5.41, 5.74) is 0.557. The van der Waals surface area contributed by atoms with E-state index < -0.39 is 23.4 Å². The molecule has 1 aliphatic rings. The Labute approximate surface area is 186 Å². The molecule has 31 heavy (non-hydrogen) atoms. The van der Waals surface area contributed by atoms with Gasteiger partial charge >= 0.3 is 5.97 Å². The van der Waals surface area contributed by atoms with Crippen molar-refractivity contribution in [2.24, 2.45) is 0 Å². The number of thioether (sulfide) groups is 1. The molecule has 0 spiro atoms. The fraction of sp³-hybridized carbons (Fsp3) is 0.150. The molecule has 0 aliphatic carbocycles. The van der Waals surface area contributed by atoms with Crippen LogP contribution in [0.2, 0.25) is 0 Å². The molecule has 2 aromatic carbocycles. The van der Waals surface area contributed by atoms with Crippen molar-refractivity contribution >= 4 is 57.6 Å². The van der Waals surface area contributed by atoms with Gasteiger partial charge in [0.1, 0.15) is 0 Å². The van der Waals surface area contributed by atoms with E-state index in [9.17, 15) is 19.7 Å². The second kappa shape index (κ2) is 9.58. The van der Waals surface area contributed by atoms with E-state index in [0.717, 1.165) is 11.8 Å². The molecular weight excluding hydrogens is 444 g/mol. The largest absolute Gasteiger partial charge is 0.490 e. The third-order valence-corrected chi connectivity index (χ3v) is 5.33. The number of carboxylic acid groups (broad SMARTS) is 1. The molecule has 9 nitrogen and oxygen atoms in total. The van der Waals surface area contributed by atoms with Gasteiger partial charge in [0, 0.05) is 17.7 Å². The minimum atomic E-state index is -1.16. The summed E-state index contributed by atoms with van der Waals surface area (Å²) in [5.74, 6) is -1.09. The van der Waals surface area contributed by atoms with Gasteiger partial charge in [-0.25, -0.2) is 4.79 Å². The van der Waals surface area contributed by atoms with Crippen LogP contribution in [0.25, 0.3) is 6.08 Å². The molecule has 0 saturated carbocycles. The Morgan fingerprint density at radius 1 is 1.29 bits per heavy atom. The van der Waals surface area contributed by atoms with Gasteiger partial charge in [-0.1, -0.05) is 42.2 Å². The number of benzene rings is 2. The first kappa shape index (κ1) is 22.2. The van der Waals surface area contributed by atoms with E-state index in [1.54, 1.807) is 31.2 Å². The summed E-state index contributed by atoms with van der Waals surface area (Å²) in [6.45, 7) is 1.53. The van der Waals surface area contributed by atoms with Crippen molar-refractivity contribution in [1.29, 1.82) is 0 Å². The van der Waals surface area contributed by atoms with E-state index in [1.165, 1.54) is 29.2 Å². The molecular formula is C20H16N2O7S2. The fourth-order valence-corrected chi connectivity index (χ4v) is 4.07. The van der Waals surface area contributed by atoms with Crippen molar-refractivity contribution in [3.63, 3.8) is 0 Å². The first-order chi connectivity index (χ1) is 14.8. The first-order valence-electron chi connectivity index (χ1n) is 8.94. The quantitative estimate of drug-likeness (QED) is 0.271. The van der Waals surface area contributed by atoms with Crippen LogP contribution in [0.3, 0.4) is 0 Å². The molecule has 160 valence electrons. The number of thiocarbonyl (C=S) groups is 1. The molecule has 2 aromatic rings. The number of rotatable bonds is 8. The van der Waals surface area contributed by atoms with Gasteiger partial charge in [0.15, 0.2) is 22.4 Å². The van der Waals surface area contributed by atoms with Crippen LogP contribution < -0.4 is 14.4 Å². The van der Waals surface area contributed by atoms with Crippen molar-refractivity contribution in [3.8, 4) is 11.5 Å². The number of non-ortho nitro benzene ring substituents is 1. The Morgan fingerprint density at radius 3 is 2.71 bits per heavy atom. The Hall–Kier alpha value is -3.44. The van der Waals surface area contributed by atoms with Crippen LogP contribution in [-0.4, -0.2) is 39.4 Å². The number of carbonyl (C=O) groups is 2. The predicted molar refractivity (Wildman–Crippen MR) is 119 cm³/mol. The van der Waals surface area contributed by atoms with Crippen LogP contribution in [0.1, 0.15) is 12.5 Å². The van der Waals surface area contributed by atoms with Crippen molar-refractivity contribution in [3.05, 3.63) is 63.0 Å². The van der Waals surface area contributed by atoms with Gasteiger partial charge in [0.05, 0.1) is 22.1 Å². The zero-order valence-corrected chi connectivity index (χ0v) is 17.8. The number of nitro groups is 1. The molecule has 1 fully saturated rings. The summed E-state index contributed by atoms with van der Waals surface area (Å²) >= 11 is 6.34. The summed E-state index contributed by atoms with van der Waals surface area (Å²) < 4.78 is 11.1. The number of para-hydroxylation sites is 1. The summed E-state index contributed by atoms with van der Waals surface area (Å²) in [7, 11) is 0. The molecule has 1 heterocycles. The second-order valence-corrected chi connectivity index (χ2v) is 7.76. The lowest BCUT2D eigenvalue weighted by Crippen LogP contribution is -2.27. The number of nitrogens with zero attached hydrogens (tertiary/aromatic N) is 2. The minimum Gasteiger partial charge on any atom is -0.490 e. The van der Waals surface area contributed by atoms with Gasteiger partial charge in [-0.2, -0.15) is 0 Å². The molecule has 0 unspecified atom stereocenters. The van der Waals surface area contributed by atoms with Crippen LogP contribution in [0.15, 0.2) is 47.4 Å². The third-order valence-electron chi connectivity index (χ3n) is 4.03. The summed E-state index contributed by atoms with van der Waals surface area (Å²) in [6, 6.07) is 10.6. The van der Waals surface area contributed by atoms with E-state index in [-0.39, 0.29) is 26.3 Å². The molecule has 0 radical (unpaired) electrons. The van der Waals surface area contributed by atoms with E-state index in [1.807, 2.05) is 0 Å². The van der Waals surface area contributed by atoms with Crippen LogP contribution in [-0.2, 0) is 9.59 Å². The minimum absolute atomic E-state index is 0.163. The highest BCUT2D eigenvalue weighted by atomic mass is 32.2. The Balaban J connectivity index is 1.97. The molecule has 1 amide bonds. The maximum atomic E-state index is 13.0. The van der Waals surface area contributed by atoms with Crippen molar-refractivity contribution in [2.75, 3.05) is 18.1 Å². The number of aliphatic carboxylic acids is 1. The zero-order chi connectivity index (χ0) is 22.5. The Kier molecular flexibility index (Phi) is 6.88. The van der Waals surface area contributed by atoms with E-state index in [2.05, 4.69) is 0 Å². The van der Waals surface area contributed by atoms with Gasteiger partial charge in [0.2, 0.25) is 0 Å². The highest BCUT2D eigenvalue weighted by molar-refractivity contribution is 8.27. The number of anilines is 1. The second-order valence-electron chi connectivity index (χ2n) is 6.08. The van der Waals surface area contributed by atoms with E-state index >= 15 is 0 Å². The van der Waals surface area contributed by atoms with Crippen LogP contribution >= 0.6 is 24.0 Å². The average molecular weight is 460 g/mol. The number of carbonyl (C=O) groups excluding carboxylic acids is 1. The smallest absolute Gasteiger partial charge is 0.341 e. The standard InChI is InChI=1S/C20H16N2O7S2/c1-2-28-15-8-3-5-12(18(15)29-11-17(23)24)9-16-19(25)21(20(30)31-16)13-6-4-7-14(10-13)22(26)27/h3-10H,2,11H2,1H3,(H,23,24)/b16-9+. The molecule has 1 saturated heterocycles. The molecule has 1 aliphatic heterocycles. The third kappa shape index (κ3) is 5.01. The van der Waals surface area contributed by atoms with Crippen molar-refractivity contribution < 1.29 is 29.1 Å². The molecule has 11 heteroatoms. The number of ether oxygens (including phenoxy) is 2.